The van der Waals surface area contributed by atoms with Crippen LogP contribution < -0.4 is 51.4 Å². The molecule has 0 fully saturated rings. The van der Waals surface area contributed by atoms with Gasteiger partial charge >= 0.3 is 29.6 Å². The zero-order chi connectivity index (χ0) is 30.0. The Labute approximate surface area is 246 Å². The van der Waals surface area contributed by atoms with Gasteiger partial charge in [-0.1, -0.05) is 30.3 Å². The first-order valence-electron chi connectivity index (χ1n) is 10.4. The fraction of sp³-hybridized carbons (Fsp3) is 0. The van der Waals surface area contributed by atoms with Crippen molar-refractivity contribution < 1.29 is 101 Å². The summed E-state index contributed by atoms with van der Waals surface area (Å²) in [5.41, 5.74) is -9.41. The minimum absolute atomic E-state index is 0. The van der Waals surface area contributed by atoms with Crippen molar-refractivity contribution in [2.75, 3.05) is 0 Å². The molecule has 18 heteroatoms. The molecule has 0 radical (unpaired) electrons. The normalized spacial score (nSPS) is 11.3. The Morgan fingerprint density at radius 3 is 0.714 bits per heavy atom. The molecule has 0 aliphatic rings. The number of hydrogen-bond donors (Lipinski definition) is 0. The molecule has 4 aromatic rings. The van der Waals surface area contributed by atoms with Crippen LogP contribution in [0.3, 0.4) is 0 Å². The molecular formula is C24H7BF15NaO. The van der Waals surface area contributed by atoms with Gasteiger partial charge in [-0.3, -0.25) is 0 Å². The second-order valence-electron chi connectivity index (χ2n) is 8.23. The van der Waals surface area contributed by atoms with Gasteiger partial charge in [0, 0.05) is 0 Å². The predicted molar refractivity (Wildman–Crippen MR) is 113 cm³/mol. The molecular weight excluding hydrogens is 623 g/mol. The standard InChI is InChI=1S/C24H5BF15.Na.H2O/c26-10-7(11(27)17(33)22(38)16(10)32)25(6-4-2-1-3-5-6,8-12(28)18(34)23(39)19(35)13(8)29)9-14(30)20(36)24(40)21(37)15(9)31;;/h1-5H;;1H2/q-1;+1;. The Balaban J connectivity index is 0.00000308. The van der Waals surface area contributed by atoms with E-state index in [-0.39, 0.29) is 35.0 Å². The van der Waals surface area contributed by atoms with Crippen molar-refractivity contribution >= 4 is 28.0 Å². The SMILES string of the molecule is Fc1c(F)c(F)c([B-](c2ccccc2)(c2c(F)c(F)c(F)c(F)c2F)c2c(F)c(F)c(F)c(F)c2F)c(F)c1F.O.[Na+]. The summed E-state index contributed by atoms with van der Waals surface area (Å²) in [6.07, 6.45) is -5.72. The van der Waals surface area contributed by atoms with Gasteiger partial charge in [0.2, 0.25) is 0 Å². The van der Waals surface area contributed by atoms with Gasteiger partial charge in [-0.05, 0) is 0 Å². The molecule has 4 rings (SSSR count). The third kappa shape index (κ3) is 4.66. The van der Waals surface area contributed by atoms with E-state index in [0.717, 1.165) is 18.2 Å². The van der Waals surface area contributed by atoms with Gasteiger partial charge in [-0.15, -0.1) is 16.4 Å². The monoisotopic (exact) mass is 630 g/mol. The van der Waals surface area contributed by atoms with Crippen LogP contribution in [-0.2, 0) is 0 Å². The summed E-state index contributed by atoms with van der Waals surface area (Å²) < 4.78 is 220. The average molecular weight is 630 g/mol. The van der Waals surface area contributed by atoms with E-state index in [4.69, 9.17) is 0 Å². The molecule has 0 aromatic heterocycles. The largest absolute Gasteiger partial charge is 1.00 e. The summed E-state index contributed by atoms with van der Waals surface area (Å²) in [6.45, 7) is 0. The van der Waals surface area contributed by atoms with Crippen LogP contribution in [0.25, 0.3) is 0 Å². The second kappa shape index (κ2) is 12.2. The van der Waals surface area contributed by atoms with Crippen molar-refractivity contribution in [3.05, 3.63) is 118 Å². The van der Waals surface area contributed by atoms with Gasteiger partial charge in [0.15, 0.2) is 52.4 Å². The van der Waals surface area contributed by atoms with E-state index in [0.29, 0.717) is 12.1 Å². The van der Waals surface area contributed by atoms with Crippen LogP contribution in [0.5, 0.6) is 0 Å². The molecule has 42 heavy (non-hydrogen) atoms. The minimum Gasteiger partial charge on any atom is -0.412 e. The summed E-state index contributed by atoms with van der Waals surface area (Å²) in [7, 11) is 0. The van der Waals surface area contributed by atoms with E-state index in [1.54, 1.807) is 0 Å². The van der Waals surface area contributed by atoms with Crippen molar-refractivity contribution in [1.82, 2.24) is 0 Å². The van der Waals surface area contributed by atoms with Crippen molar-refractivity contribution in [1.29, 1.82) is 0 Å². The summed E-state index contributed by atoms with van der Waals surface area (Å²) in [5, 5.41) is 0. The van der Waals surface area contributed by atoms with Crippen molar-refractivity contribution in [2.45, 2.75) is 0 Å². The summed E-state index contributed by atoms with van der Waals surface area (Å²) in [6, 6.07) is 3.24. The Kier molecular flexibility index (Phi) is 10.2. The molecule has 0 aliphatic carbocycles. The Morgan fingerprint density at radius 1 is 0.310 bits per heavy atom. The second-order valence-corrected chi connectivity index (χ2v) is 8.23. The molecule has 0 atom stereocenters. The van der Waals surface area contributed by atoms with Crippen LogP contribution in [-0.4, -0.2) is 11.6 Å². The Bertz CT molecular complexity index is 1460. The number of rotatable bonds is 4. The van der Waals surface area contributed by atoms with Gasteiger partial charge in [0.1, 0.15) is 41.0 Å². The van der Waals surface area contributed by atoms with E-state index < -0.39 is 115 Å². The van der Waals surface area contributed by atoms with E-state index in [1.165, 1.54) is 0 Å². The quantitative estimate of drug-likeness (QED) is 0.141. The molecule has 1 nitrogen and oxygen atoms in total. The van der Waals surface area contributed by atoms with Gasteiger partial charge in [0.25, 0.3) is 0 Å². The first kappa shape index (κ1) is 35.1. The maximum atomic E-state index is 15.3. The van der Waals surface area contributed by atoms with Crippen LogP contribution in [0.2, 0.25) is 0 Å². The maximum Gasteiger partial charge on any atom is 1.00 e. The van der Waals surface area contributed by atoms with Crippen LogP contribution in [0.4, 0.5) is 65.9 Å². The fourth-order valence-corrected chi connectivity index (χ4v) is 4.68. The third-order valence-corrected chi connectivity index (χ3v) is 6.33. The average Bonchev–Trinajstić information content (AvgIpc) is 2.95. The van der Waals surface area contributed by atoms with Gasteiger partial charge in [0.05, 0.1) is 0 Å². The molecule has 0 amide bonds. The van der Waals surface area contributed by atoms with E-state index in [1.807, 2.05) is 0 Å². The summed E-state index contributed by atoms with van der Waals surface area (Å²) in [4.78, 5) is 0. The molecule has 218 valence electrons. The molecule has 0 spiro atoms. The maximum absolute atomic E-state index is 15.3. The summed E-state index contributed by atoms with van der Waals surface area (Å²) >= 11 is 0. The molecule has 0 saturated carbocycles. The first-order valence-corrected chi connectivity index (χ1v) is 10.4. The number of benzene rings is 4. The molecule has 4 aromatic carbocycles. The molecule has 2 N–H and O–H groups in total. The van der Waals surface area contributed by atoms with Gasteiger partial charge in [-0.25, -0.2) is 65.9 Å². The Morgan fingerprint density at radius 2 is 0.500 bits per heavy atom. The van der Waals surface area contributed by atoms with Crippen molar-refractivity contribution in [3.8, 4) is 0 Å². The molecule has 0 heterocycles. The Hall–Kier alpha value is -3.15. The molecule has 0 unspecified atom stereocenters. The van der Waals surface area contributed by atoms with Gasteiger partial charge < -0.3 is 5.48 Å². The zero-order valence-electron chi connectivity index (χ0n) is 20.1. The molecule has 0 bridgehead atoms. The summed E-state index contributed by atoms with van der Waals surface area (Å²) in [5.74, 6) is -45.5. The minimum atomic E-state index is -5.72. The van der Waals surface area contributed by atoms with E-state index in [2.05, 4.69) is 0 Å². The predicted octanol–water partition coefficient (Wildman–Crippen LogP) is 1.33. The smallest absolute Gasteiger partial charge is 0.412 e. The van der Waals surface area contributed by atoms with Crippen LogP contribution in [0, 0.1) is 87.3 Å². The molecule has 0 saturated heterocycles. The van der Waals surface area contributed by atoms with Gasteiger partial charge in [-0.2, -0.15) is 5.46 Å². The van der Waals surface area contributed by atoms with E-state index >= 15 is 26.3 Å². The zero-order valence-corrected chi connectivity index (χ0v) is 22.1. The van der Waals surface area contributed by atoms with E-state index in [9.17, 15) is 39.5 Å². The van der Waals surface area contributed by atoms with Crippen LogP contribution >= 0.6 is 0 Å². The molecule has 0 aliphatic heterocycles. The topological polar surface area (TPSA) is 31.5 Å². The van der Waals surface area contributed by atoms with Crippen molar-refractivity contribution in [3.63, 3.8) is 0 Å². The fourth-order valence-electron chi connectivity index (χ4n) is 4.68. The van der Waals surface area contributed by atoms with Crippen LogP contribution in [0.15, 0.2) is 30.3 Å². The number of halogens is 15. The first-order chi connectivity index (χ1) is 18.6. The number of hydrogen-bond acceptors (Lipinski definition) is 0. The van der Waals surface area contributed by atoms with Crippen molar-refractivity contribution in [2.24, 2.45) is 0 Å². The third-order valence-electron chi connectivity index (χ3n) is 6.33. The van der Waals surface area contributed by atoms with Crippen LogP contribution in [0.1, 0.15) is 0 Å².